The molecule has 0 radical (unpaired) electrons. The third-order valence-electron chi connectivity index (χ3n) is 5.85. The van der Waals surface area contributed by atoms with Crippen molar-refractivity contribution in [3.8, 4) is 0 Å². The van der Waals surface area contributed by atoms with Crippen molar-refractivity contribution < 1.29 is 22.8 Å². The average Bonchev–Trinajstić information content (AvgIpc) is 2.86. The first-order valence-electron chi connectivity index (χ1n) is 9.35. The molecule has 1 saturated carbocycles. The molecule has 144 valence electrons. The molecule has 0 N–H and O–H groups in total. The van der Waals surface area contributed by atoms with Crippen LogP contribution in [0.3, 0.4) is 0 Å². The first kappa shape index (κ1) is 18.2. The molecule has 0 bridgehead atoms. The minimum absolute atomic E-state index is 0.154. The molecule has 8 heteroatoms. The summed E-state index contributed by atoms with van der Waals surface area (Å²) >= 11 is 0. The van der Waals surface area contributed by atoms with E-state index in [0.29, 0.717) is 24.0 Å². The van der Waals surface area contributed by atoms with Crippen LogP contribution in [0.4, 0.5) is 0 Å². The second-order valence-corrected chi connectivity index (χ2v) is 10.0. The normalized spacial score (nSPS) is 21.3. The van der Waals surface area contributed by atoms with E-state index in [2.05, 4.69) is 0 Å². The lowest BCUT2D eigenvalue weighted by molar-refractivity contribution is -0.134. The molecule has 0 aromatic heterocycles. The maximum atomic E-state index is 12.7. The number of hydrogen-bond acceptors (Lipinski definition) is 5. The van der Waals surface area contributed by atoms with Gasteiger partial charge in [-0.1, -0.05) is 31.4 Å². The Bertz CT molecular complexity index is 863. The number of carbonyl (C=O) groups is 3. The lowest BCUT2D eigenvalue weighted by atomic mass is 10.0. The van der Waals surface area contributed by atoms with E-state index in [1.54, 1.807) is 24.3 Å². The standard InChI is InChI=1S/C19H22N2O5S/c22-17(12-21-18(23)15-8-4-5-9-16(15)19(21)24)20-10-14(11-20)27(25,26)13-6-2-1-3-7-13/h4-5,8-9,13-14H,1-3,6-7,10-12H2. The van der Waals surface area contributed by atoms with E-state index in [1.807, 2.05) is 0 Å². The van der Waals surface area contributed by atoms with Crippen LogP contribution in [-0.4, -0.2) is 66.1 Å². The van der Waals surface area contributed by atoms with Crippen molar-refractivity contribution in [3.05, 3.63) is 35.4 Å². The molecule has 2 aliphatic heterocycles. The molecular formula is C19H22N2O5S. The highest BCUT2D eigenvalue weighted by Crippen LogP contribution is 2.30. The number of nitrogens with zero attached hydrogens (tertiary/aromatic N) is 2. The first-order valence-corrected chi connectivity index (χ1v) is 11.0. The van der Waals surface area contributed by atoms with Crippen LogP contribution >= 0.6 is 0 Å². The van der Waals surface area contributed by atoms with Crippen LogP contribution in [0.15, 0.2) is 24.3 Å². The predicted octanol–water partition coefficient (Wildman–Crippen LogP) is 1.24. The Morgan fingerprint density at radius 2 is 1.48 bits per heavy atom. The molecule has 1 aromatic carbocycles. The Morgan fingerprint density at radius 1 is 0.926 bits per heavy atom. The molecule has 1 saturated heterocycles. The maximum absolute atomic E-state index is 12.7. The smallest absolute Gasteiger partial charge is 0.262 e. The molecule has 2 fully saturated rings. The van der Waals surface area contributed by atoms with E-state index in [9.17, 15) is 22.8 Å². The Kier molecular flexibility index (Phi) is 4.53. The van der Waals surface area contributed by atoms with E-state index in [-0.39, 0.29) is 30.8 Å². The lowest BCUT2D eigenvalue weighted by Gasteiger charge is -2.41. The van der Waals surface area contributed by atoms with E-state index in [0.717, 1.165) is 24.2 Å². The van der Waals surface area contributed by atoms with Crippen molar-refractivity contribution in [1.82, 2.24) is 9.80 Å². The minimum atomic E-state index is -3.23. The van der Waals surface area contributed by atoms with E-state index in [4.69, 9.17) is 0 Å². The molecule has 1 aromatic rings. The number of sulfone groups is 1. The molecule has 3 amide bonds. The van der Waals surface area contributed by atoms with Gasteiger partial charge in [0.2, 0.25) is 5.91 Å². The summed E-state index contributed by atoms with van der Waals surface area (Å²) < 4.78 is 25.4. The topological polar surface area (TPSA) is 91.8 Å². The van der Waals surface area contributed by atoms with Gasteiger partial charge >= 0.3 is 0 Å². The zero-order valence-corrected chi connectivity index (χ0v) is 15.8. The number of imide groups is 1. The highest BCUT2D eigenvalue weighted by Gasteiger charge is 2.45. The SMILES string of the molecule is O=C(CN1C(=O)c2ccccc2C1=O)N1CC(S(=O)(=O)C2CCCCC2)C1. The summed E-state index contributed by atoms with van der Waals surface area (Å²) in [5.74, 6) is -1.34. The van der Waals surface area contributed by atoms with Crippen LogP contribution in [0.1, 0.15) is 52.8 Å². The van der Waals surface area contributed by atoms with Gasteiger partial charge in [-0.05, 0) is 25.0 Å². The number of benzene rings is 1. The van der Waals surface area contributed by atoms with Gasteiger partial charge in [-0.2, -0.15) is 0 Å². The first-order chi connectivity index (χ1) is 12.9. The number of likely N-dealkylation sites (tertiary alicyclic amines) is 1. The predicted molar refractivity (Wildman–Crippen MR) is 98.0 cm³/mol. The van der Waals surface area contributed by atoms with Crippen LogP contribution in [0.25, 0.3) is 0 Å². The van der Waals surface area contributed by atoms with Crippen LogP contribution in [0.2, 0.25) is 0 Å². The van der Waals surface area contributed by atoms with E-state index < -0.39 is 26.9 Å². The summed E-state index contributed by atoms with van der Waals surface area (Å²) in [4.78, 5) is 39.5. The number of amides is 3. The number of carbonyl (C=O) groups excluding carboxylic acids is 3. The molecule has 27 heavy (non-hydrogen) atoms. The van der Waals surface area contributed by atoms with Crippen molar-refractivity contribution in [3.63, 3.8) is 0 Å². The molecule has 0 unspecified atom stereocenters. The molecular weight excluding hydrogens is 368 g/mol. The summed E-state index contributed by atoms with van der Waals surface area (Å²) in [7, 11) is -3.23. The third kappa shape index (κ3) is 3.05. The van der Waals surface area contributed by atoms with Gasteiger partial charge in [-0.25, -0.2) is 8.42 Å². The van der Waals surface area contributed by atoms with Crippen LogP contribution < -0.4 is 0 Å². The zero-order chi connectivity index (χ0) is 19.2. The maximum Gasteiger partial charge on any atom is 0.262 e. The Morgan fingerprint density at radius 3 is 2.04 bits per heavy atom. The molecule has 2 heterocycles. The Labute approximate surface area is 158 Å². The summed E-state index contributed by atoms with van der Waals surface area (Å²) in [5.41, 5.74) is 0.605. The van der Waals surface area contributed by atoms with Gasteiger partial charge < -0.3 is 4.90 Å². The lowest BCUT2D eigenvalue weighted by Crippen LogP contribution is -2.60. The molecule has 0 spiro atoms. The van der Waals surface area contributed by atoms with Gasteiger partial charge in [-0.15, -0.1) is 0 Å². The van der Waals surface area contributed by atoms with Gasteiger partial charge in [0.05, 0.1) is 21.6 Å². The van der Waals surface area contributed by atoms with Crippen LogP contribution in [-0.2, 0) is 14.6 Å². The average molecular weight is 390 g/mol. The third-order valence-corrected chi connectivity index (χ3v) is 8.48. The molecule has 4 rings (SSSR count). The molecule has 7 nitrogen and oxygen atoms in total. The fraction of sp³-hybridized carbons (Fsp3) is 0.526. The Balaban J connectivity index is 1.36. The van der Waals surface area contributed by atoms with Gasteiger partial charge in [0.15, 0.2) is 9.84 Å². The fourth-order valence-corrected chi connectivity index (χ4v) is 6.44. The van der Waals surface area contributed by atoms with Crippen molar-refractivity contribution in [2.75, 3.05) is 19.6 Å². The van der Waals surface area contributed by atoms with Crippen LogP contribution in [0.5, 0.6) is 0 Å². The molecule has 0 atom stereocenters. The summed E-state index contributed by atoms with van der Waals surface area (Å²) in [6.07, 6.45) is 4.39. The summed E-state index contributed by atoms with van der Waals surface area (Å²) in [6, 6.07) is 6.48. The monoisotopic (exact) mass is 390 g/mol. The Hall–Kier alpha value is -2.22. The van der Waals surface area contributed by atoms with Crippen molar-refractivity contribution in [2.45, 2.75) is 42.6 Å². The number of fused-ring (bicyclic) bond motifs is 1. The van der Waals surface area contributed by atoms with Gasteiger partial charge in [-0.3, -0.25) is 19.3 Å². The summed E-state index contributed by atoms with van der Waals surface area (Å²) in [5, 5.41) is -0.809. The van der Waals surface area contributed by atoms with E-state index in [1.165, 1.54) is 4.90 Å². The number of rotatable bonds is 4. The van der Waals surface area contributed by atoms with E-state index >= 15 is 0 Å². The largest absolute Gasteiger partial charge is 0.338 e. The highest BCUT2D eigenvalue weighted by molar-refractivity contribution is 7.92. The quantitative estimate of drug-likeness (QED) is 0.722. The van der Waals surface area contributed by atoms with Gasteiger partial charge in [0, 0.05) is 13.1 Å². The minimum Gasteiger partial charge on any atom is -0.338 e. The highest BCUT2D eigenvalue weighted by atomic mass is 32.2. The zero-order valence-electron chi connectivity index (χ0n) is 15.0. The van der Waals surface area contributed by atoms with Crippen molar-refractivity contribution in [2.24, 2.45) is 0 Å². The second kappa shape index (κ2) is 6.74. The van der Waals surface area contributed by atoms with Crippen LogP contribution in [0, 0.1) is 0 Å². The van der Waals surface area contributed by atoms with Gasteiger partial charge in [0.1, 0.15) is 6.54 Å². The van der Waals surface area contributed by atoms with Crippen molar-refractivity contribution in [1.29, 1.82) is 0 Å². The molecule has 3 aliphatic rings. The summed E-state index contributed by atoms with van der Waals surface area (Å²) in [6.45, 7) is -0.0375. The fourth-order valence-electron chi connectivity index (χ4n) is 4.13. The number of hydrogen-bond donors (Lipinski definition) is 0. The van der Waals surface area contributed by atoms with Crippen molar-refractivity contribution >= 4 is 27.6 Å². The van der Waals surface area contributed by atoms with Gasteiger partial charge in [0.25, 0.3) is 11.8 Å². The second-order valence-electron chi connectivity index (χ2n) is 7.51. The molecule has 1 aliphatic carbocycles.